The third-order valence-electron chi connectivity index (χ3n) is 4.06. The van der Waals surface area contributed by atoms with Crippen LogP contribution in [0.4, 0.5) is 0 Å². The van der Waals surface area contributed by atoms with Crippen LogP contribution < -0.4 is 5.73 Å². The van der Waals surface area contributed by atoms with Gasteiger partial charge in [-0.2, -0.15) is 0 Å². The molecule has 2 heteroatoms. The lowest BCUT2D eigenvalue weighted by molar-refractivity contribution is 0.266. The molecule has 1 atom stereocenters. The van der Waals surface area contributed by atoms with Gasteiger partial charge in [0, 0.05) is 6.04 Å². The third kappa shape index (κ3) is 17.6. The largest absolute Gasteiger partial charge is 0.395 e. The molecular formula is C19H39NO. The normalized spacial score (nSPS) is 13.1. The highest BCUT2D eigenvalue weighted by atomic mass is 16.3. The summed E-state index contributed by atoms with van der Waals surface area (Å²) < 4.78 is 0. The van der Waals surface area contributed by atoms with E-state index in [4.69, 9.17) is 10.8 Å². The zero-order valence-electron chi connectivity index (χ0n) is 14.4. The number of hydrogen-bond acceptors (Lipinski definition) is 2. The number of hydrogen-bond donors (Lipinski definition) is 2. The van der Waals surface area contributed by atoms with Crippen molar-refractivity contribution in [1.82, 2.24) is 0 Å². The Bertz CT molecular complexity index is 216. The minimum atomic E-state index is -0.0803. The monoisotopic (exact) mass is 297 g/mol. The lowest BCUT2D eigenvalue weighted by atomic mass is 10.0. The van der Waals surface area contributed by atoms with Gasteiger partial charge in [0.25, 0.3) is 0 Å². The second-order valence-corrected chi connectivity index (χ2v) is 6.33. The highest BCUT2D eigenvalue weighted by molar-refractivity contribution is 4.85. The van der Waals surface area contributed by atoms with Crippen molar-refractivity contribution in [2.24, 2.45) is 5.73 Å². The molecule has 0 aliphatic carbocycles. The van der Waals surface area contributed by atoms with E-state index < -0.39 is 0 Å². The molecule has 0 bridgehead atoms. The Kier molecular flexibility index (Phi) is 17.4. The average Bonchev–Trinajstić information content (AvgIpc) is 2.50. The smallest absolute Gasteiger partial charge is 0.0585 e. The van der Waals surface area contributed by atoms with Gasteiger partial charge in [-0.05, 0) is 19.3 Å². The van der Waals surface area contributed by atoms with E-state index in [1.807, 2.05) is 0 Å². The predicted molar refractivity (Wildman–Crippen MR) is 94.5 cm³/mol. The number of aliphatic hydroxyl groups is 1. The summed E-state index contributed by atoms with van der Waals surface area (Å²) >= 11 is 0. The van der Waals surface area contributed by atoms with Crippen LogP contribution in [-0.4, -0.2) is 17.8 Å². The maximum Gasteiger partial charge on any atom is 0.0585 e. The minimum absolute atomic E-state index is 0.0803. The summed E-state index contributed by atoms with van der Waals surface area (Å²) in [6, 6.07) is -0.0803. The van der Waals surface area contributed by atoms with E-state index >= 15 is 0 Å². The fourth-order valence-corrected chi connectivity index (χ4v) is 2.57. The van der Waals surface area contributed by atoms with E-state index in [1.54, 1.807) is 0 Å². The zero-order valence-corrected chi connectivity index (χ0v) is 14.4. The van der Waals surface area contributed by atoms with Gasteiger partial charge < -0.3 is 10.8 Å². The molecular weight excluding hydrogens is 258 g/mol. The molecule has 0 heterocycles. The first-order chi connectivity index (χ1) is 10.3. The van der Waals surface area contributed by atoms with Gasteiger partial charge in [-0.1, -0.05) is 89.7 Å². The maximum absolute atomic E-state index is 8.79. The minimum Gasteiger partial charge on any atom is -0.395 e. The Morgan fingerprint density at radius 3 is 1.71 bits per heavy atom. The molecule has 0 amide bonds. The zero-order chi connectivity index (χ0) is 15.6. The van der Waals surface area contributed by atoms with E-state index in [0.29, 0.717) is 0 Å². The summed E-state index contributed by atoms with van der Waals surface area (Å²) in [5.74, 6) is 0. The van der Waals surface area contributed by atoms with Crippen LogP contribution in [0.15, 0.2) is 12.2 Å². The first-order valence-electron chi connectivity index (χ1n) is 9.32. The SMILES string of the molecule is CCCCCCCCCCCCCC/C=C/C[C@@H](N)CO. The van der Waals surface area contributed by atoms with Gasteiger partial charge in [-0.15, -0.1) is 0 Å². The first-order valence-corrected chi connectivity index (χ1v) is 9.32. The quantitative estimate of drug-likeness (QED) is 0.298. The van der Waals surface area contributed by atoms with Crippen molar-refractivity contribution in [3.8, 4) is 0 Å². The summed E-state index contributed by atoms with van der Waals surface area (Å²) in [6.07, 6.45) is 23.1. The van der Waals surface area contributed by atoms with Crippen molar-refractivity contribution in [1.29, 1.82) is 0 Å². The van der Waals surface area contributed by atoms with E-state index in [1.165, 1.54) is 77.0 Å². The van der Waals surface area contributed by atoms with Crippen LogP contribution in [0, 0.1) is 0 Å². The molecule has 3 N–H and O–H groups in total. The topological polar surface area (TPSA) is 46.2 Å². The molecule has 2 nitrogen and oxygen atoms in total. The Hall–Kier alpha value is -0.340. The maximum atomic E-state index is 8.79. The Morgan fingerprint density at radius 2 is 1.24 bits per heavy atom. The van der Waals surface area contributed by atoms with E-state index in [9.17, 15) is 0 Å². The number of rotatable bonds is 16. The standard InChI is InChI=1S/C19H39NO/c1-2-3-4-5-6-7-8-9-10-11-12-13-14-15-16-17-19(20)18-21/h15-16,19,21H,2-14,17-18,20H2,1H3/b16-15+/t19-/m1/s1. The van der Waals surface area contributed by atoms with Crippen LogP contribution >= 0.6 is 0 Å². The second-order valence-electron chi connectivity index (χ2n) is 6.33. The van der Waals surface area contributed by atoms with Crippen LogP contribution in [0.3, 0.4) is 0 Å². The first kappa shape index (κ1) is 20.7. The summed E-state index contributed by atoms with van der Waals surface area (Å²) in [7, 11) is 0. The van der Waals surface area contributed by atoms with E-state index in [-0.39, 0.29) is 12.6 Å². The molecule has 0 aromatic heterocycles. The molecule has 0 radical (unpaired) electrons. The Balaban J connectivity index is 3.05. The number of nitrogens with two attached hydrogens (primary N) is 1. The molecule has 0 unspecified atom stereocenters. The van der Waals surface area contributed by atoms with Gasteiger partial charge in [0.1, 0.15) is 0 Å². The number of unbranched alkanes of at least 4 members (excludes halogenated alkanes) is 12. The molecule has 0 saturated heterocycles. The van der Waals surface area contributed by atoms with Crippen molar-refractivity contribution >= 4 is 0 Å². The van der Waals surface area contributed by atoms with Gasteiger partial charge in [0.2, 0.25) is 0 Å². The van der Waals surface area contributed by atoms with E-state index in [0.717, 1.165) is 12.8 Å². The molecule has 0 fully saturated rings. The summed E-state index contributed by atoms with van der Waals surface area (Å²) in [5.41, 5.74) is 5.63. The molecule has 0 rings (SSSR count). The highest BCUT2D eigenvalue weighted by Gasteiger charge is 1.95. The van der Waals surface area contributed by atoms with Crippen molar-refractivity contribution in [3.05, 3.63) is 12.2 Å². The predicted octanol–water partition coefficient (Wildman–Crippen LogP) is 5.34. The molecule has 0 spiro atoms. The fraction of sp³-hybridized carbons (Fsp3) is 0.895. The van der Waals surface area contributed by atoms with Gasteiger partial charge in [0.15, 0.2) is 0 Å². The van der Waals surface area contributed by atoms with Gasteiger partial charge in [0.05, 0.1) is 6.61 Å². The van der Waals surface area contributed by atoms with Crippen molar-refractivity contribution in [2.75, 3.05) is 6.61 Å². The Labute approximate surface area is 133 Å². The van der Waals surface area contributed by atoms with Gasteiger partial charge in [-0.3, -0.25) is 0 Å². The van der Waals surface area contributed by atoms with Gasteiger partial charge >= 0.3 is 0 Å². The second kappa shape index (κ2) is 17.7. The molecule has 0 aliphatic rings. The van der Waals surface area contributed by atoms with E-state index in [2.05, 4.69) is 19.1 Å². The summed E-state index contributed by atoms with van der Waals surface area (Å²) in [6.45, 7) is 2.36. The van der Waals surface area contributed by atoms with Crippen molar-refractivity contribution in [2.45, 2.75) is 103 Å². The highest BCUT2D eigenvalue weighted by Crippen LogP contribution is 2.12. The molecule has 0 aliphatic heterocycles. The Morgan fingerprint density at radius 1 is 0.762 bits per heavy atom. The fourth-order valence-electron chi connectivity index (χ4n) is 2.57. The van der Waals surface area contributed by atoms with Crippen LogP contribution in [0.1, 0.15) is 96.8 Å². The average molecular weight is 298 g/mol. The molecule has 21 heavy (non-hydrogen) atoms. The van der Waals surface area contributed by atoms with Crippen molar-refractivity contribution < 1.29 is 5.11 Å². The number of allylic oxidation sites excluding steroid dienone is 1. The molecule has 0 aromatic carbocycles. The lowest BCUT2D eigenvalue weighted by Crippen LogP contribution is -2.22. The third-order valence-corrected chi connectivity index (χ3v) is 4.06. The van der Waals surface area contributed by atoms with Crippen LogP contribution in [0.5, 0.6) is 0 Å². The molecule has 0 aromatic rings. The molecule has 0 saturated carbocycles. The lowest BCUT2D eigenvalue weighted by Gasteiger charge is -2.03. The van der Waals surface area contributed by atoms with Crippen LogP contribution in [-0.2, 0) is 0 Å². The summed E-state index contributed by atoms with van der Waals surface area (Å²) in [4.78, 5) is 0. The summed E-state index contributed by atoms with van der Waals surface area (Å²) in [5, 5.41) is 8.79. The van der Waals surface area contributed by atoms with Crippen LogP contribution in [0.25, 0.3) is 0 Å². The van der Waals surface area contributed by atoms with Gasteiger partial charge in [-0.25, -0.2) is 0 Å². The van der Waals surface area contributed by atoms with Crippen molar-refractivity contribution in [3.63, 3.8) is 0 Å². The van der Waals surface area contributed by atoms with Crippen LogP contribution in [0.2, 0.25) is 0 Å². The number of aliphatic hydroxyl groups excluding tert-OH is 1. The molecule has 126 valence electrons.